The number of likely N-dealkylation sites (N-methyl/N-ethyl adjacent to an activating group) is 1. The summed E-state index contributed by atoms with van der Waals surface area (Å²) in [5, 5.41) is 0. The van der Waals surface area contributed by atoms with E-state index in [4.69, 9.17) is 18.5 Å². The number of phosphoric acid groups is 1. The van der Waals surface area contributed by atoms with Crippen LogP contribution in [0.5, 0.6) is 0 Å². The highest BCUT2D eigenvalue weighted by molar-refractivity contribution is 7.45. The summed E-state index contributed by atoms with van der Waals surface area (Å²) in [7, 11) is 1.36. The SMILES string of the molecule is CCCC/C=C\CCCCCCCC(=O)OC(COCCCCCCCCCCCCCCCCC)COP(=O)([O-])OCC[N+](C)(C)C. The molecule has 0 amide bonds. The standard InChI is InChI=1S/C39H78NO7P/c1-6-8-10-12-14-16-18-19-20-21-23-25-27-29-31-34-44-36-38(37-46-48(42,43)45-35-33-40(3,4)5)47-39(41)32-30-28-26-24-22-17-15-13-11-9-7-2/h13,15,38H,6-12,14,16-37H2,1-5H3/b15-13-. The Hall–Kier alpha value is -0.760. The molecule has 0 aliphatic heterocycles. The quantitative estimate of drug-likeness (QED) is 0.0209. The highest BCUT2D eigenvalue weighted by Crippen LogP contribution is 2.38. The molecule has 0 aliphatic carbocycles. The van der Waals surface area contributed by atoms with Crippen molar-refractivity contribution < 1.29 is 37.3 Å². The Morgan fingerprint density at radius 1 is 0.625 bits per heavy atom. The van der Waals surface area contributed by atoms with Gasteiger partial charge in [-0.2, -0.15) is 0 Å². The Morgan fingerprint density at radius 3 is 1.65 bits per heavy atom. The zero-order valence-corrected chi connectivity index (χ0v) is 33.1. The normalized spacial score (nSPS) is 14.0. The van der Waals surface area contributed by atoms with Crippen LogP contribution in [0.3, 0.4) is 0 Å². The van der Waals surface area contributed by atoms with Crippen LogP contribution >= 0.6 is 7.82 Å². The first kappa shape index (κ1) is 47.2. The number of quaternary nitrogens is 1. The van der Waals surface area contributed by atoms with E-state index in [1.165, 1.54) is 109 Å². The van der Waals surface area contributed by atoms with Crippen molar-refractivity contribution in [1.82, 2.24) is 0 Å². The molecule has 0 aromatic heterocycles. The van der Waals surface area contributed by atoms with Gasteiger partial charge in [0.05, 0.1) is 34.4 Å². The van der Waals surface area contributed by atoms with Crippen LogP contribution in [0.4, 0.5) is 0 Å². The monoisotopic (exact) mass is 704 g/mol. The summed E-state index contributed by atoms with van der Waals surface area (Å²) >= 11 is 0. The number of carbonyl (C=O) groups is 1. The predicted molar refractivity (Wildman–Crippen MR) is 199 cm³/mol. The van der Waals surface area contributed by atoms with Crippen molar-refractivity contribution in [2.45, 2.75) is 180 Å². The van der Waals surface area contributed by atoms with Crippen molar-refractivity contribution in [2.24, 2.45) is 0 Å². The van der Waals surface area contributed by atoms with E-state index in [0.717, 1.165) is 44.9 Å². The number of carbonyl (C=O) groups excluding carboxylic acids is 1. The van der Waals surface area contributed by atoms with E-state index in [1.807, 2.05) is 21.1 Å². The highest BCUT2D eigenvalue weighted by atomic mass is 31.2. The number of phosphoric ester groups is 1. The first-order valence-electron chi connectivity index (χ1n) is 19.9. The fourth-order valence-corrected chi connectivity index (χ4v) is 6.14. The minimum absolute atomic E-state index is 0.0274. The molecule has 8 nitrogen and oxygen atoms in total. The first-order valence-corrected chi connectivity index (χ1v) is 21.4. The van der Waals surface area contributed by atoms with Gasteiger partial charge in [0.25, 0.3) is 7.82 Å². The van der Waals surface area contributed by atoms with E-state index >= 15 is 0 Å². The Labute approximate surface area is 297 Å². The number of ether oxygens (including phenoxy) is 2. The molecule has 0 aliphatic rings. The fourth-order valence-electron chi connectivity index (χ4n) is 5.41. The summed E-state index contributed by atoms with van der Waals surface area (Å²) in [6.45, 7) is 5.38. The minimum Gasteiger partial charge on any atom is -0.756 e. The second kappa shape index (κ2) is 33.4. The van der Waals surface area contributed by atoms with Gasteiger partial charge < -0.3 is 27.9 Å². The van der Waals surface area contributed by atoms with Crippen LogP contribution in [0.15, 0.2) is 12.2 Å². The maximum absolute atomic E-state index is 12.6. The third-order valence-electron chi connectivity index (χ3n) is 8.57. The van der Waals surface area contributed by atoms with Gasteiger partial charge in [0.1, 0.15) is 19.3 Å². The molecule has 286 valence electrons. The van der Waals surface area contributed by atoms with Crippen molar-refractivity contribution in [3.63, 3.8) is 0 Å². The van der Waals surface area contributed by atoms with Crippen molar-refractivity contribution in [1.29, 1.82) is 0 Å². The van der Waals surface area contributed by atoms with Crippen LogP contribution in [0.25, 0.3) is 0 Å². The van der Waals surface area contributed by atoms with Gasteiger partial charge in [0, 0.05) is 13.0 Å². The molecule has 2 atom stereocenters. The lowest BCUT2D eigenvalue weighted by Gasteiger charge is -2.28. The van der Waals surface area contributed by atoms with Crippen molar-refractivity contribution >= 4 is 13.8 Å². The van der Waals surface area contributed by atoms with Gasteiger partial charge >= 0.3 is 5.97 Å². The van der Waals surface area contributed by atoms with Crippen LogP contribution in [0.2, 0.25) is 0 Å². The van der Waals surface area contributed by atoms with Crippen molar-refractivity contribution in [3.05, 3.63) is 12.2 Å². The predicted octanol–water partition coefficient (Wildman–Crippen LogP) is 10.5. The van der Waals surface area contributed by atoms with Crippen molar-refractivity contribution in [3.8, 4) is 0 Å². The average Bonchev–Trinajstić information content (AvgIpc) is 3.03. The van der Waals surface area contributed by atoms with E-state index in [2.05, 4.69) is 26.0 Å². The first-order chi connectivity index (χ1) is 23.1. The Kier molecular flexibility index (Phi) is 32.9. The van der Waals surface area contributed by atoms with E-state index < -0.39 is 13.9 Å². The molecule has 0 saturated carbocycles. The molecular formula is C39H78NO7P. The molecule has 0 N–H and O–H groups in total. The topological polar surface area (TPSA) is 94.1 Å². The van der Waals surface area contributed by atoms with Crippen LogP contribution in [0, 0.1) is 0 Å². The van der Waals surface area contributed by atoms with Gasteiger partial charge in [-0.25, -0.2) is 0 Å². The summed E-state index contributed by atoms with van der Waals surface area (Å²) in [4.78, 5) is 24.9. The van der Waals surface area contributed by atoms with Gasteiger partial charge in [-0.1, -0.05) is 148 Å². The van der Waals surface area contributed by atoms with Crippen LogP contribution in [-0.2, 0) is 27.9 Å². The summed E-state index contributed by atoms with van der Waals surface area (Å²) in [6.07, 6.45) is 33.6. The van der Waals surface area contributed by atoms with Crippen LogP contribution < -0.4 is 4.89 Å². The second-order valence-electron chi connectivity index (χ2n) is 14.6. The Bertz CT molecular complexity index is 787. The van der Waals surface area contributed by atoms with Gasteiger partial charge in [0.2, 0.25) is 0 Å². The number of hydrogen-bond donors (Lipinski definition) is 0. The molecule has 0 heterocycles. The van der Waals surface area contributed by atoms with Gasteiger partial charge in [-0.05, 0) is 32.1 Å². The highest BCUT2D eigenvalue weighted by Gasteiger charge is 2.20. The number of hydrogen-bond acceptors (Lipinski definition) is 7. The lowest BCUT2D eigenvalue weighted by molar-refractivity contribution is -0.870. The van der Waals surface area contributed by atoms with Gasteiger partial charge in [-0.15, -0.1) is 0 Å². The summed E-state index contributed by atoms with van der Waals surface area (Å²) in [6, 6.07) is 0. The van der Waals surface area contributed by atoms with Gasteiger partial charge in [0.15, 0.2) is 0 Å². The van der Waals surface area contributed by atoms with Crippen LogP contribution in [-0.4, -0.2) is 70.7 Å². The molecule has 48 heavy (non-hydrogen) atoms. The third kappa shape index (κ3) is 36.5. The number of esters is 1. The Balaban J connectivity index is 4.25. The van der Waals surface area contributed by atoms with E-state index in [0.29, 0.717) is 24.1 Å². The third-order valence-corrected chi connectivity index (χ3v) is 9.53. The minimum atomic E-state index is -4.51. The van der Waals surface area contributed by atoms with Crippen molar-refractivity contribution in [2.75, 3.05) is 54.1 Å². The van der Waals surface area contributed by atoms with E-state index in [1.54, 1.807) is 0 Å². The number of rotatable bonds is 37. The Morgan fingerprint density at radius 2 is 1.10 bits per heavy atom. The summed E-state index contributed by atoms with van der Waals surface area (Å²) in [5.41, 5.74) is 0. The molecule has 0 rings (SSSR count). The van der Waals surface area contributed by atoms with Gasteiger partial charge in [-0.3, -0.25) is 9.36 Å². The second-order valence-corrected chi connectivity index (χ2v) is 16.1. The summed E-state index contributed by atoms with van der Waals surface area (Å²) in [5.74, 6) is -0.343. The molecule has 0 saturated heterocycles. The number of nitrogens with zero attached hydrogens (tertiary/aromatic N) is 1. The zero-order chi connectivity index (χ0) is 35.6. The fraction of sp³-hybridized carbons (Fsp3) is 0.923. The molecule has 9 heteroatoms. The van der Waals surface area contributed by atoms with E-state index in [-0.39, 0.29) is 25.8 Å². The molecule has 2 unspecified atom stereocenters. The number of allylic oxidation sites excluding steroid dienone is 2. The molecule has 0 bridgehead atoms. The van der Waals surface area contributed by atoms with E-state index in [9.17, 15) is 14.3 Å². The molecule has 0 spiro atoms. The lowest BCUT2D eigenvalue weighted by atomic mass is 10.0. The smallest absolute Gasteiger partial charge is 0.306 e. The maximum Gasteiger partial charge on any atom is 0.306 e. The molecule has 0 fully saturated rings. The maximum atomic E-state index is 12.6. The lowest BCUT2D eigenvalue weighted by Crippen LogP contribution is -2.37. The zero-order valence-electron chi connectivity index (χ0n) is 32.2. The molecule has 0 radical (unpaired) electrons. The average molecular weight is 704 g/mol. The molecular weight excluding hydrogens is 625 g/mol. The largest absolute Gasteiger partial charge is 0.756 e. The molecule has 0 aromatic rings. The summed E-state index contributed by atoms with van der Waals surface area (Å²) < 4.78 is 34.4. The number of unbranched alkanes of at least 4 members (excludes halogenated alkanes) is 21. The van der Waals surface area contributed by atoms with Crippen LogP contribution in [0.1, 0.15) is 174 Å². The molecule has 0 aromatic carbocycles.